The number of alkyl halides is 3. The van der Waals surface area contributed by atoms with Gasteiger partial charge in [-0.1, -0.05) is 31.5 Å². The van der Waals surface area contributed by atoms with Crippen molar-refractivity contribution in [1.82, 2.24) is 10.3 Å². The summed E-state index contributed by atoms with van der Waals surface area (Å²) in [6.07, 6.45) is -0.689. The molecule has 2 rings (SSSR count). The zero-order valence-electron chi connectivity index (χ0n) is 13.3. The molecule has 0 aromatic carbocycles. The first-order valence-corrected chi connectivity index (χ1v) is 8.37. The Morgan fingerprint density at radius 3 is 2.79 bits per heavy atom. The topological polar surface area (TPSA) is 47.9 Å². The minimum absolute atomic E-state index is 0.160. The fraction of sp³-hybridized carbons (Fsp3) is 0.600. The highest BCUT2D eigenvalue weighted by molar-refractivity contribution is 7.80. The molecule has 9 heteroatoms. The second-order valence-corrected chi connectivity index (χ2v) is 6.69. The summed E-state index contributed by atoms with van der Waals surface area (Å²) in [6.45, 7) is 3.85. The van der Waals surface area contributed by atoms with Crippen LogP contribution in [-0.2, 0) is 0 Å². The molecule has 0 saturated carbocycles. The maximum atomic E-state index is 13.3. The van der Waals surface area contributed by atoms with Gasteiger partial charge in [0.05, 0.1) is 0 Å². The van der Waals surface area contributed by atoms with Gasteiger partial charge in [-0.3, -0.25) is 0 Å². The number of nitrogens with zero attached hydrogens (tertiary/aromatic N) is 2. The smallest absolute Gasteiger partial charge is 0.362 e. The van der Waals surface area contributed by atoms with E-state index in [4.69, 9.17) is 23.8 Å². The second-order valence-electron chi connectivity index (χ2n) is 5.89. The second kappa shape index (κ2) is 7.01. The summed E-state index contributed by atoms with van der Waals surface area (Å²) in [7, 11) is 0. The summed E-state index contributed by atoms with van der Waals surface area (Å²) in [4.78, 5) is 0. The van der Waals surface area contributed by atoms with Crippen LogP contribution in [0.15, 0.2) is 27.9 Å². The van der Waals surface area contributed by atoms with E-state index in [0.717, 1.165) is 12.0 Å². The maximum absolute atomic E-state index is 13.3. The number of allylic oxidation sites excluding steroid dienone is 3. The molecule has 0 saturated heterocycles. The van der Waals surface area contributed by atoms with Gasteiger partial charge in [0.25, 0.3) is 5.72 Å². The molecule has 2 aliphatic rings. The monoisotopic (exact) mass is 381 g/mol. The van der Waals surface area contributed by atoms with E-state index in [9.17, 15) is 18.3 Å². The van der Waals surface area contributed by atoms with Gasteiger partial charge in [0, 0.05) is 23.7 Å². The zero-order valence-corrected chi connectivity index (χ0v) is 14.9. The summed E-state index contributed by atoms with van der Waals surface area (Å²) in [5.41, 5.74) is -2.01. The van der Waals surface area contributed by atoms with E-state index in [0.29, 0.717) is 16.5 Å². The van der Waals surface area contributed by atoms with E-state index in [2.05, 4.69) is 10.4 Å². The van der Waals surface area contributed by atoms with Gasteiger partial charge < -0.3 is 10.4 Å². The third-order valence-corrected chi connectivity index (χ3v) is 4.87. The SMILES string of the molecule is CCC1=NN(C(=S)NCC2=C(Cl)C=CCC2C)C(O)(C(F)(F)F)C1. The average Bonchev–Trinajstić information content (AvgIpc) is 2.85. The molecule has 2 unspecified atom stereocenters. The Hall–Kier alpha value is -1.12. The van der Waals surface area contributed by atoms with Gasteiger partial charge in [-0.05, 0) is 42.6 Å². The molecule has 1 heterocycles. The van der Waals surface area contributed by atoms with Gasteiger partial charge in [0.15, 0.2) is 5.11 Å². The van der Waals surface area contributed by atoms with Crippen molar-refractivity contribution < 1.29 is 18.3 Å². The van der Waals surface area contributed by atoms with Crippen molar-refractivity contribution in [2.45, 2.75) is 45.0 Å². The number of hydrazone groups is 1. The summed E-state index contributed by atoms with van der Waals surface area (Å²) in [6, 6.07) is 0. The van der Waals surface area contributed by atoms with Crippen molar-refractivity contribution in [1.29, 1.82) is 0 Å². The largest absolute Gasteiger partial charge is 0.438 e. The molecular weight excluding hydrogens is 363 g/mol. The molecular formula is C15H19ClF3N3OS. The molecule has 1 aliphatic carbocycles. The fourth-order valence-corrected chi connectivity index (χ4v) is 3.22. The predicted octanol–water partition coefficient (Wildman–Crippen LogP) is 3.67. The van der Waals surface area contributed by atoms with Crippen LogP contribution in [0, 0.1) is 5.92 Å². The highest BCUT2D eigenvalue weighted by Gasteiger charge is 2.62. The highest BCUT2D eigenvalue weighted by Crippen LogP contribution is 2.40. The van der Waals surface area contributed by atoms with Crippen LogP contribution in [-0.4, -0.2) is 39.4 Å². The summed E-state index contributed by atoms with van der Waals surface area (Å²) >= 11 is 11.2. The number of hydrogen-bond acceptors (Lipinski definition) is 3. The number of rotatable bonds is 3. The molecule has 0 radical (unpaired) electrons. The first kappa shape index (κ1) is 19.2. The van der Waals surface area contributed by atoms with E-state index >= 15 is 0 Å². The number of thiocarbonyl (C=S) groups is 1. The Kier molecular flexibility index (Phi) is 5.61. The van der Waals surface area contributed by atoms with Crippen molar-refractivity contribution in [3.05, 3.63) is 22.8 Å². The normalized spacial score (nSPS) is 27.5. The highest BCUT2D eigenvalue weighted by atomic mass is 35.5. The van der Waals surface area contributed by atoms with Crippen molar-refractivity contribution in [3.63, 3.8) is 0 Å². The lowest BCUT2D eigenvalue weighted by atomic mass is 9.93. The van der Waals surface area contributed by atoms with E-state index in [-0.39, 0.29) is 23.3 Å². The maximum Gasteiger partial charge on any atom is 0.438 e. The summed E-state index contributed by atoms with van der Waals surface area (Å²) in [5.74, 6) is 0.160. The Morgan fingerprint density at radius 2 is 2.25 bits per heavy atom. The molecule has 0 fully saturated rings. The first-order valence-electron chi connectivity index (χ1n) is 7.58. The van der Waals surface area contributed by atoms with Gasteiger partial charge in [0.2, 0.25) is 0 Å². The zero-order chi connectivity index (χ0) is 18.1. The molecule has 2 atom stereocenters. The minimum atomic E-state index is -4.88. The van der Waals surface area contributed by atoms with E-state index in [1.54, 1.807) is 13.0 Å². The average molecular weight is 382 g/mol. The predicted molar refractivity (Wildman–Crippen MR) is 91.6 cm³/mol. The van der Waals surface area contributed by atoms with Gasteiger partial charge in [-0.15, -0.1) is 0 Å². The van der Waals surface area contributed by atoms with E-state index < -0.39 is 18.3 Å². The first-order chi connectivity index (χ1) is 11.1. The number of nitrogens with one attached hydrogen (secondary N) is 1. The minimum Gasteiger partial charge on any atom is -0.362 e. The van der Waals surface area contributed by atoms with Crippen LogP contribution in [0.5, 0.6) is 0 Å². The van der Waals surface area contributed by atoms with Crippen LogP contribution >= 0.6 is 23.8 Å². The van der Waals surface area contributed by atoms with Gasteiger partial charge >= 0.3 is 6.18 Å². The van der Waals surface area contributed by atoms with Crippen LogP contribution in [0.3, 0.4) is 0 Å². The lowest BCUT2D eigenvalue weighted by molar-refractivity contribution is -0.294. The van der Waals surface area contributed by atoms with E-state index in [1.165, 1.54) is 0 Å². The third-order valence-electron chi connectivity index (χ3n) is 4.18. The molecule has 2 N–H and O–H groups in total. The fourth-order valence-electron chi connectivity index (χ4n) is 2.61. The molecule has 1 aliphatic heterocycles. The molecule has 24 heavy (non-hydrogen) atoms. The molecule has 0 bridgehead atoms. The Labute approximate surface area is 149 Å². The van der Waals surface area contributed by atoms with Crippen LogP contribution in [0.25, 0.3) is 0 Å². The van der Waals surface area contributed by atoms with Crippen LogP contribution in [0.2, 0.25) is 0 Å². The molecule has 0 aromatic heterocycles. The third kappa shape index (κ3) is 3.60. The van der Waals surface area contributed by atoms with Crippen LogP contribution in [0.4, 0.5) is 13.2 Å². The Morgan fingerprint density at radius 1 is 1.58 bits per heavy atom. The molecule has 134 valence electrons. The number of halogens is 4. The quantitative estimate of drug-likeness (QED) is 0.732. The molecule has 0 aromatic rings. The molecule has 0 amide bonds. The van der Waals surface area contributed by atoms with Crippen molar-refractivity contribution in [2.24, 2.45) is 11.0 Å². The van der Waals surface area contributed by atoms with Crippen molar-refractivity contribution in [3.8, 4) is 0 Å². The van der Waals surface area contributed by atoms with Gasteiger partial charge in [-0.2, -0.15) is 23.3 Å². The molecule has 4 nitrogen and oxygen atoms in total. The van der Waals surface area contributed by atoms with Crippen molar-refractivity contribution in [2.75, 3.05) is 6.54 Å². The van der Waals surface area contributed by atoms with Crippen LogP contribution in [0.1, 0.15) is 33.1 Å². The van der Waals surface area contributed by atoms with Crippen LogP contribution < -0.4 is 5.32 Å². The summed E-state index contributed by atoms with van der Waals surface area (Å²) in [5, 5.41) is 17.4. The standard InChI is InChI=1S/C15H19ClF3N3OS/c1-3-10-7-14(23,15(17,18)19)22(21-10)13(24)20-8-11-9(2)5-4-6-12(11)16/h4,6,9,23H,3,5,7-8H2,1-2H3,(H,20,24). The number of aliphatic hydroxyl groups is 1. The van der Waals surface area contributed by atoms with E-state index in [1.807, 2.05) is 13.0 Å². The lowest BCUT2D eigenvalue weighted by Crippen LogP contribution is -2.58. The lowest BCUT2D eigenvalue weighted by Gasteiger charge is -2.34. The van der Waals surface area contributed by atoms with Crippen molar-refractivity contribution >= 4 is 34.6 Å². The Balaban J connectivity index is 2.15. The summed E-state index contributed by atoms with van der Waals surface area (Å²) < 4.78 is 39.9. The molecule has 0 spiro atoms. The Bertz CT molecular complexity index is 618. The van der Waals surface area contributed by atoms with Gasteiger partial charge in [0.1, 0.15) is 0 Å². The van der Waals surface area contributed by atoms with Gasteiger partial charge in [-0.25, -0.2) is 0 Å². The number of hydrogen-bond donors (Lipinski definition) is 2.